The van der Waals surface area contributed by atoms with E-state index in [2.05, 4.69) is 0 Å². The van der Waals surface area contributed by atoms with Crippen LogP contribution in [-0.4, -0.2) is 23.2 Å². The fourth-order valence-electron chi connectivity index (χ4n) is 3.21. The molecule has 10 heteroatoms. The fraction of sp³-hybridized carbons (Fsp3) is 0.0526. The molecular weight excluding hydrogens is 482 g/mol. The molecule has 0 aliphatic rings. The molecule has 0 amide bonds. The molecule has 0 fully saturated rings. The summed E-state index contributed by atoms with van der Waals surface area (Å²) in [6.07, 6.45) is 0. The molecule has 0 spiro atoms. The molecule has 0 bridgehead atoms. The molecule has 5 nitrogen and oxygen atoms in total. The predicted molar refractivity (Wildman–Crippen MR) is 114 cm³/mol. The van der Waals surface area contributed by atoms with Gasteiger partial charge in [-0.1, -0.05) is 58.5 Å². The lowest BCUT2D eigenvalue weighted by atomic mass is 9.83. The number of halogens is 4. The quantitative estimate of drug-likeness (QED) is 0.311. The van der Waals surface area contributed by atoms with Crippen LogP contribution in [0.1, 0.15) is 16.7 Å². The zero-order valence-electron chi connectivity index (χ0n) is 14.3. The van der Waals surface area contributed by atoms with E-state index in [1.807, 2.05) is 0 Å². The van der Waals surface area contributed by atoms with Gasteiger partial charge in [-0.3, -0.25) is 4.55 Å². The van der Waals surface area contributed by atoms with Crippen molar-refractivity contribution in [3.05, 3.63) is 91.4 Å². The molecule has 3 N–H and O–H groups in total. The summed E-state index contributed by atoms with van der Waals surface area (Å²) in [5, 5.41) is 21.0. The first-order valence-corrected chi connectivity index (χ1v) is 10.8. The number of phenols is 2. The molecule has 152 valence electrons. The van der Waals surface area contributed by atoms with E-state index in [1.54, 1.807) is 0 Å². The third-order valence-electron chi connectivity index (χ3n) is 4.39. The largest absolute Gasteiger partial charge is 0.508 e. The Balaban J connectivity index is 2.67. The zero-order chi connectivity index (χ0) is 21.6. The minimum atomic E-state index is -5.18. The SMILES string of the molecule is O=S(=O)(O)C(c1cc(Cl)ccc1O)(c1cc(Cl)ccc1O)c1cccc(Cl)c1Cl. The first kappa shape index (κ1) is 22.0. The summed E-state index contributed by atoms with van der Waals surface area (Å²) >= 11 is 24.5. The number of aromatic hydroxyl groups is 2. The van der Waals surface area contributed by atoms with Crippen LogP contribution in [0.4, 0.5) is 0 Å². The van der Waals surface area contributed by atoms with E-state index in [9.17, 15) is 23.2 Å². The highest BCUT2D eigenvalue weighted by Gasteiger charge is 2.53. The van der Waals surface area contributed by atoms with E-state index in [4.69, 9.17) is 46.4 Å². The topological polar surface area (TPSA) is 94.8 Å². The van der Waals surface area contributed by atoms with Crippen molar-refractivity contribution in [3.8, 4) is 11.5 Å². The summed E-state index contributed by atoms with van der Waals surface area (Å²) in [4.78, 5) is 0. The highest BCUT2D eigenvalue weighted by molar-refractivity contribution is 7.87. The van der Waals surface area contributed by atoms with Gasteiger partial charge in [0.25, 0.3) is 10.1 Å². The van der Waals surface area contributed by atoms with E-state index in [1.165, 1.54) is 30.3 Å². The normalized spacial score (nSPS) is 12.2. The lowest BCUT2D eigenvalue weighted by Gasteiger charge is -2.34. The van der Waals surface area contributed by atoms with Crippen LogP contribution < -0.4 is 0 Å². The highest BCUT2D eigenvalue weighted by atomic mass is 35.5. The zero-order valence-corrected chi connectivity index (χ0v) is 18.1. The van der Waals surface area contributed by atoms with Gasteiger partial charge < -0.3 is 10.2 Å². The lowest BCUT2D eigenvalue weighted by molar-refractivity contribution is 0.428. The number of hydrogen-bond acceptors (Lipinski definition) is 4. The molecule has 0 atom stereocenters. The first-order valence-electron chi connectivity index (χ1n) is 7.89. The molecule has 0 radical (unpaired) electrons. The van der Waals surface area contributed by atoms with Gasteiger partial charge in [0.05, 0.1) is 10.0 Å². The molecule has 0 saturated carbocycles. The van der Waals surface area contributed by atoms with Gasteiger partial charge in [0.1, 0.15) is 11.5 Å². The minimum Gasteiger partial charge on any atom is -0.508 e. The third kappa shape index (κ3) is 3.65. The Morgan fingerprint density at radius 1 is 0.724 bits per heavy atom. The Bertz CT molecular complexity index is 1150. The number of phenolic OH excluding ortho intramolecular Hbond substituents is 2. The van der Waals surface area contributed by atoms with Crippen LogP contribution in [0, 0.1) is 0 Å². The van der Waals surface area contributed by atoms with Crippen molar-refractivity contribution in [2.24, 2.45) is 0 Å². The van der Waals surface area contributed by atoms with E-state index in [0.29, 0.717) is 0 Å². The molecule has 0 aromatic heterocycles. The van der Waals surface area contributed by atoms with Crippen LogP contribution in [0.25, 0.3) is 0 Å². The summed E-state index contributed by atoms with van der Waals surface area (Å²) in [6, 6.07) is 11.4. The summed E-state index contributed by atoms with van der Waals surface area (Å²) in [5.41, 5.74) is -0.923. The minimum absolute atomic E-state index is 0.0137. The third-order valence-corrected chi connectivity index (χ3v) is 7.12. The molecular formula is C19H12Cl4O5S. The van der Waals surface area contributed by atoms with Crippen molar-refractivity contribution in [1.82, 2.24) is 0 Å². The van der Waals surface area contributed by atoms with Gasteiger partial charge in [0, 0.05) is 26.7 Å². The average Bonchev–Trinajstić information content (AvgIpc) is 2.63. The lowest BCUT2D eigenvalue weighted by Crippen LogP contribution is -2.38. The van der Waals surface area contributed by atoms with Gasteiger partial charge >= 0.3 is 0 Å². The molecule has 3 rings (SSSR count). The maximum Gasteiger partial charge on any atom is 0.283 e. The Morgan fingerprint density at radius 3 is 1.66 bits per heavy atom. The highest BCUT2D eigenvalue weighted by Crippen LogP contribution is 2.53. The van der Waals surface area contributed by atoms with Crippen LogP contribution >= 0.6 is 46.4 Å². The van der Waals surface area contributed by atoms with Gasteiger partial charge in [-0.15, -0.1) is 0 Å². The van der Waals surface area contributed by atoms with Gasteiger partial charge in [-0.25, -0.2) is 0 Å². The van der Waals surface area contributed by atoms with Crippen molar-refractivity contribution in [1.29, 1.82) is 0 Å². The summed E-state index contributed by atoms with van der Waals surface area (Å²) in [5.74, 6) is -1.05. The van der Waals surface area contributed by atoms with Crippen molar-refractivity contribution in [2.45, 2.75) is 4.75 Å². The Morgan fingerprint density at radius 2 is 1.21 bits per heavy atom. The molecule has 0 saturated heterocycles. The Kier molecular flexibility index (Phi) is 5.98. The predicted octanol–water partition coefficient (Wildman–Crippen LogP) is 5.89. The molecule has 0 aliphatic carbocycles. The van der Waals surface area contributed by atoms with Gasteiger partial charge in [-0.05, 0) is 42.5 Å². The molecule has 3 aromatic rings. The van der Waals surface area contributed by atoms with Gasteiger partial charge in [0.2, 0.25) is 0 Å². The van der Waals surface area contributed by atoms with Crippen molar-refractivity contribution >= 4 is 56.5 Å². The summed E-state index contributed by atoms with van der Waals surface area (Å²) < 4.78 is 33.9. The first-order chi connectivity index (χ1) is 13.5. The molecule has 29 heavy (non-hydrogen) atoms. The van der Waals surface area contributed by atoms with E-state index < -0.39 is 26.4 Å². The molecule has 0 heterocycles. The number of rotatable bonds is 4. The van der Waals surface area contributed by atoms with Gasteiger partial charge in [0.15, 0.2) is 4.75 Å². The van der Waals surface area contributed by atoms with Crippen LogP contribution in [0.3, 0.4) is 0 Å². The van der Waals surface area contributed by atoms with E-state index in [-0.39, 0.29) is 36.8 Å². The maximum absolute atomic E-state index is 13.0. The van der Waals surface area contributed by atoms with E-state index in [0.717, 1.165) is 24.3 Å². The standard InChI is InChI=1S/C19H12Cl4O5S/c20-10-4-6-16(24)13(8-10)19(29(26,27)28,12-2-1-3-15(22)18(12)23)14-9-11(21)5-7-17(14)25/h1-9,24-25H,(H,26,27,28). The smallest absolute Gasteiger partial charge is 0.283 e. The van der Waals surface area contributed by atoms with Crippen LogP contribution in [0.15, 0.2) is 54.6 Å². The molecule has 3 aromatic carbocycles. The van der Waals surface area contributed by atoms with Crippen LogP contribution in [0.5, 0.6) is 11.5 Å². The monoisotopic (exact) mass is 492 g/mol. The average molecular weight is 494 g/mol. The van der Waals surface area contributed by atoms with E-state index >= 15 is 0 Å². The van der Waals surface area contributed by atoms with Crippen molar-refractivity contribution < 1.29 is 23.2 Å². The van der Waals surface area contributed by atoms with Crippen molar-refractivity contribution in [2.75, 3.05) is 0 Å². The second-order valence-corrected chi connectivity index (χ2v) is 9.30. The van der Waals surface area contributed by atoms with Crippen LogP contribution in [-0.2, 0) is 14.9 Å². The number of hydrogen-bond donors (Lipinski definition) is 3. The van der Waals surface area contributed by atoms with Crippen molar-refractivity contribution in [3.63, 3.8) is 0 Å². The Labute approximate surface area is 186 Å². The number of benzene rings is 3. The van der Waals surface area contributed by atoms with Crippen LogP contribution in [0.2, 0.25) is 20.1 Å². The Hall–Kier alpha value is -1.67. The summed E-state index contributed by atoms with van der Waals surface area (Å²) in [7, 11) is -5.18. The molecule has 0 aliphatic heterocycles. The second-order valence-electron chi connectivity index (χ2n) is 6.08. The fourth-order valence-corrected chi connectivity index (χ4v) is 5.38. The second kappa shape index (κ2) is 7.87. The maximum atomic E-state index is 13.0. The summed E-state index contributed by atoms with van der Waals surface area (Å²) in [6.45, 7) is 0. The molecule has 0 unspecified atom stereocenters. The van der Waals surface area contributed by atoms with Gasteiger partial charge in [-0.2, -0.15) is 8.42 Å².